The molecule has 3 aromatic rings. The van der Waals surface area contributed by atoms with Gasteiger partial charge in [0, 0.05) is 5.56 Å². The van der Waals surface area contributed by atoms with Crippen LogP contribution in [0.3, 0.4) is 0 Å². The normalized spacial score (nSPS) is 10.8. The van der Waals surface area contributed by atoms with E-state index in [4.69, 9.17) is 19.4 Å². The summed E-state index contributed by atoms with van der Waals surface area (Å²) in [5.74, 6) is -0.0177. The first-order valence-corrected chi connectivity index (χ1v) is 9.88. The topological polar surface area (TPSA) is 77.4 Å². The van der Waals surface area contributed by atoms with E-state index in [1.54, 1.807) is 6.07 Å². The van der Waals surface area contributed by atoms with Crippen LogP contribution in [0.2, 0.25) is 0 Å². The smallest absolute Gasteiger partial charge is 0.344 e. The van der Waals surface area contributed by atoms with Crippen molar-refractivity contribution in [1.82, 2.24) is 0 Å². The van der Waals surface area contributed by atoms with Crippen molar-refractivity contribution in [2.24, 2.45) is 5.16 Å². The molecule has 0 aliphatic carbocycles. The van der Waals surface area contributed by atoms with Crippen LogP contribution in [0, 0.1) is 13.8 Å². The third-order valence-corrected chi connectivity index (χ3v) is 4.48. The zero-order chi connectivity index (χ0) is 22.1. The zero-order valence-electron chi connectivity index (χ0n) is 17.6. The molecule has 0 fully saturated rings. The Bertz CT molecular complexity index is 1030. The third kappa shape index (κ3) is 6.89. The fraction of sp³-hybridized carbons (Fsp3) is 0.200. The van der Waals surface area contributed by atoms with Gasteiger partial charge < -0.3 is 19.4 Å². The first-order valence-electron chi connectivity index (χ1n) is 9.88. The minimum absolute atomic E-state index is 0.349. The number of benzene rings is 3. The molecule has 6 heteroatoms. The molecule has 3 aromatic carbocycles. The lowest BCUT2D eigenvalue weighted by Crippen LogP contribution is -2.05. The summed E-state index contributed by atoms with van der Waals surface area (Å²) >= 11 is 0. The summed E-state index contributed by atoms with van der Waals surface area (Å²) in [6, 6.07) is 21.6. The van der Waals surface area contributed by atoms with Crippen LogP contribution in [0.15, 0.2) is 71.9 Å². The van der Waals surface area contributed by atoms with Crippen molar-refractivity contribution in [2.45, 2.75) is 27.1 Å². The van der Waals surface area contributed by atoms with Gasteiger partial charge in [0.1, 0.15) is 13.2 Å². The molecule has 0 atom stereocenters. The van der Waals surface area contributed by atoms with Crippen LogP contribution < -0.4 is 9.47 Å². The minimum Gasteiger partial charge on any atom is -0.485 e. The number of aliphatic carboxylic acids is 1. The predicted octanol–water partition coefficient (Wildman–Crippen LogP) is 4.90. The maximum absolute atomic E-state index is 10.6. The number of carboxylic acids is 1. The largest absolute Gasteiger partial charge is 0.485 e. The number of rotatable bonds is 10. The van der Waals surface area contributed by atoms with Crippen molar-refractivity contribution in [3.05, 3.63) is 94.5 Å². The molecule has 0 radical (unpaired) electrons. The van der Waals surface area contributed by atoms with Crippen LogP contribution in [-0.4, -0.2) is 23.9 Å². The Morgan fingerprint density at radius 2 is 1.45 bits per heavy atom. The van der Waals surface area contributed by atoms with Crippen LogP contribution in [-0.2, 0) is 22.8 Å². The van der Waals surface area contributed by atoms with Gasteiger partial charge in [-0.3, -0.25) is 0 Å². The Morgan fingerprint density at radius 1 is 0.871 bits per heavy atom. The lowest BCUT2D eigenvalue weighted by Gasteiger charge is -2.15. The zero-order valence-corrected chi connectivity index (χ0v) is 17.6. The van der Waals surface area contributed by atoms with Crippen molar-refractivity contribution in [3.63, 3.8) is 0 Å². The Kier molecular flexibility index (Phi) is 7.65. The number of hydrogen-bond donors (Lipinski definition) is 1. The van der Waals surface area contributed by atoms with E-state index in [1.165, 1.54) is 17.3 Å². The van der Waals surface area contributed by atoms with Crippen LogP contribution >= 0.6 is 0 Å². The van der Waals surface area contributed by atoms with Gasteiger partial charge in [-0.2, -0.15) is 0 Å². The summed E-state index contributed by atoms with van der Waals surface area (Å²) in [6.45, 7) is 4.29. The maximum atomic E-state index is 10.6. The number of aryl methyl sites for hydroxylation is 2. The minimum atomic E-state index is -1.09. The number of carboxylic acid groups (broad SMARTS) is 1. The highest BCUT2D eigenvalue weighted by molar-refractivity contribution is 5.84. The molecule has 0 saturated heterocycles. The van der Waals surface area contributed by atoms with E-state index in [1.807, 2.05) is 74.5 Å². The SMILES string of the molecule is Cc1ccc(COc2cccc(/C=N/OCC(=O)O)c2OCc2ccc(C)cc2)cc1. The van der Waals surface area contributed by atoms with Crippen LogP contribution in [0.25, 0.3) is 0 Å². The van der Waals surface area contributed by atoms with Gasteiger partial charge in [-0.05, 0) is 37.1 Å². The van der Waals surface area contributed by atoms with E-state index in [9.17, 15) is 4.79 Å². The number of para-hydroxylation sites is 1. The van der Waals surface area contributed by atoms with Crippen LogP contribution in [0.5, 0.6) is 11.5 Å². The molecule has 1 N–H and O–H groups in total. The van der Waals surface area contributed by atoms with Gasteiger partial charge in [0.2, 0.25) is 6.61 Å². The molecular formula is C25H25NO5. The molecular weight excluding hydrogens is 394 g/mol. The monoisotopic (exact) mass is 419 g/mol. The number of nitrogens with zero attached hydrogens (tertiary/aromatic N) is 1. The fourth-order valence-corrected chi connectivity index (χ4v) is 2.77. The molecule has 0 bridgehead atoms. The Hall–Kier alpha value is -3.80. The lowest BCUT2D eigenvalue weighted by molar-refractivity contribution is -0.142. The number of carbonyl (C=O) groups is 1. The molecule has 0 unspecified atom stereocenters. The molecule has 0 aromatic heterocycles. The number of ether oxygens (including phenoxy) is 2. The maximum Gasteiger partial charge on any atom is 0.344 e. The Morgan fingerprint density at radius 3 is 2.03 bits per heavy atom. The standard InChI is InChI=1S/C25H25NO5/c1-18-6-10-20(11-7-18)15-29-23-5-3-4-22(14-26-31-17-24(27)28)25(23)30-16-21-12-8-19(2)9-13-21/h3-14H,15-17H2,1-2H3,(H,27,28)/b26-14+. The van der Waals surface area contributed by atoms with Crippen molar-refractivity contribution >= 4 is 12.2 Å². The summed E-state index contributed by atoms with van der Waals surface area (Å²) < 4.78 is 12.1. The molecule has 0 spiro atoms. The van der Waals surface area contributed by atoms with Gasteiger partial charge >= 0.3 is 5.97 Å². The van der Waals surface area contributed by atoms with E-state index in [-0.39, 0.29) is 0 Å². The second-order valence-electron chi connectivity index (χ2n) is 7.12. The van der Waals surface area contributed by atoms with Crippen molar-refractivity contribution in [1.29, 1.82) is 0 Å². The second kappa shape index (κ2) is 10.8. The molecule has 0 aliphatic rings. The van der Waals surface area contributed by atoms with Crippen molar-refractivity contribution < 1.29 is 24.2 Å². The van der Waals surface area contributed by atoms with Crippen molar-refractivity contribution in [2.75, 3.05) is 6.61 Å². The molecule has 160 valence electrons. The molecule has 3 rings (SSSR count). The average molecular weight is 419 g/mol. The summed E-state index contributed by atoms with van der Waals surface area (Å²) in [5, 5.41) is 12.4. The van der Waals surface area contributed by atoms with Gasteiger partial charge in [0.05, 0.1) is 6.21 Å². The Labute approximate surface area is 181 Å². The van der Waals surface area contributed by atoms with E-state index in [0.717, 1.165) is 11.1 Å². The average Bonchev–Trinajstić information content (AvgIpc) is 2.76. The number of oxime groups is 1. The van der Waals surface area contributed by atoms with Gasteiger partial charge in [-0.1, -0.05) is 70.9 Å². The summed E-state index contributed by atoms with van der Waals surface area (Å²) in [7, 11) is 0. The van der Waals surface area contributed by atoms with E-state index in [2.05, 4.69) is 5.16 Å². The van der Waals surface area contributed by atoms with E-state index >= 15 is 0 Å². The van der Waals surface area contributed by atoms with Gasteiger partial charge in [0.25, 0.3) is 0 Å². The highest BCUT2D eigenvalue weighted by atomic mass is 16.6. The summed E-state index contributed by atoms with van der Waals surface area (Å²) in [4.78, 5) is 15.4. The number of hydrogen-bond acceptors (Lipinski definition) is 5. The third-order valence-electron chi connectivity index (χ3n) is 4.48. The fourth-order valence-electron chi connectivity index (χ4n) is 2.77. The molecule has 31 heavy (non-hydrogen) atoms. The first kappa shape index (κ1) is 21.9. The lowest BCUT2D eigenvalue weighted by atomic mass is 10.1. The Balaban J connectivity index is 1.79. The molecule has 0 saturated carbocycles. The van der Waals surface area contributed by atoms with Gasteiger partial charge in [-0.15, -0.1) is 0 Å². The van der Waals surface area contributed by atoms with Crippen LogP contribution in [0.1, 0.15) is 27.8 Å². The van der Waals surface area contributed by atoms with E-state index in [0.29, 0.717) is 30.3 Å². The molecule has 0 heterocycles. The summed E-state index contributed by atoms with van der Waals surface area (Å²) in [5.41, 5.74) is 5.04. The molecule has 6 nitrogen and oxygen atoms in total. The summed E-state index contributed by atoms with van der Waals surface area (Å²) in [6.07, 6.45) is 1.42. The molecule has 0 amide bonds. The highest BCUT2D eigenvalue weighted by Gasteiger charge is 2.11. The predicted molar refractivity (Wildman–Crippen MR) is 119 cm³/mol. The van der Waals surface area contributed by atoms with Gasteiger partial charge in [-0.25, -0.2) is 4.79 Å². The van der Waals surface area contributed by atoms with Gasteiger partial charge in [0.15, 0.2) is 11.5 Å². The van der Waals surface area contributed by atoms with Crippen molar-refractivity contribution in [3.8, 4) is 11.5 Å². The first-order chi connectivity index (χ1) is 15.0. The van der Waals surface area contributed by atoms with Crippen LogP contribution in [0.4, 0.5) is 0 Å². The second-order valence-corrected chi connectivity index (χ2v) is 7.12. The molecule has 0 aliphatic heterocycles. The quantitative estimate of drug-likeness (QED) is 0.374. The highest BCUT2D eigenvalue weighted by Crippen LogP contribution is 2.32. The van der Waals surface area contributed by atoms with E-state index < -0.39 is 12.6 Å².